The summed E-state index contributed by atoms with van der Waals surface area (Å²) in [5.41, 5.74) is 0.430. The minimum Gasteiger partial charge on any atom is -0.308 e. The van der Waals surface area contributed by atoms with Crippen LogP contribution < -0.4 is 5.32 Å². The van der Waals surface area contributed by atoms with Crippen LogP contribution in [0.3, 0.4) is 0 Å². The van der Waals surface area contributed by atoms with E-state index >= 15 is 0 Å². The maximum atomic E-state index is 6.00. The van der Waals surface area contributed by atoms with Crippen LogP contribution in [0.5, 0.6) is 0 Å². The molecule has 1 atom stereocenters. The van der Waals surface area contributed by atoms with Gasteiger partial charge in [0.1, 0.15) is 0 Å². The largest absolute Gasteiger partial charge is 0.308 e. The van der Waals surface area contributed by atoms with Gasteiger partial charge < -0.3 is 5.32 Å². The Labute approximate surface area is 125 Å². The molecule has 1 spiro atoms. The summed E-state index contributed by atoms with van der Waals surface area (Å²) >= 11 is 7.73. The zero-order valence-corrected chi connectivity index (χ0v) is 13.2. The molecule has 2 nitrogen and oxygen atoms in total. The molecule has 0 amide bonds. The van der Waals surface area contributed by atoms with Gasteiger partial charge in [0.2, 0.25) is 0 Å². The lowest BCUT2D eigenvalue weighted by Crippen LogP contribution is -2.62. The summed E-state index contributed by atoms with van der Waals surface area (Å²) in [6.45, 7) is 5.89. The Bertz CT molecular complexity index is 426. The SMILES string of the molecule is CC1CNC2(CCCC2)CN1CCc1ccc(Cl)s1. The Kier molecular flexibility index (Phi) is 4.18. The van der Waals surface area contributed by atoms with E-state index in [4.69, 9.17) is 11.6 Å². The maximum absolute atomic E-state index is 6.00. The number of nitrogens with one attached hydrogen (secondary N) is 1. The molecule has 1 aromatic rings. The van der Waals surface area contributed by atoms with Crippen LogP contribution in [-0.4, -0.2) is 36.1 Å². The normalized spacial score (nSPS) is 27.2. The molecule has 1 saturated heterocycles. The first-order valence-corrected chi connectivity index (χ1v) is 8.60. The summed E-state index contributed by atoms with van der Waals surface area (Å²) in [4.78, 5) is 4.09. The quantitative estimate of drug-likeness (QED) is 0.918. The molecule has 1 unspecified atom stereocenters. The molecule has 4 heteroatoms. The summed E-state index contributed by atoms with van der Waals surface area (Å²) in [5.74, 6) is 0. The average molecular weight is 299 g/mol. The first kappa shape index (κ1) is 13.9. The zero-order chi connectivity index (χ0) is 13.3. The molecule has 2 fully saturated rings. The van der Waals surface area contributed by atoms with E-state index in [2.05, 4.69) is 23.2 Å². The van der Waals surface area contributed by atoms with E-state index in [1.54, 1.807) is 11.3 Å². The zero-order valence-electron chi connectivity index (χ0n) is 11.6. The van der Waals surface area contributed by atoms with Gasteiger partial charge in [0, 0.05) is 36.1 Å². The highest BCUT2D eigenvalue weighted by molar-refractivity contribution is 7.16. The molecule has 0 bridgehead atoms. The van der Waals surface area contributed by atoms with E-state index in [0.29, 0.717) is 11.6 Å². The second-order valence-corrected chi connectivity index (χ2v) is 7.94. The van der Waals surface area contributed by atoms with Gasteiger partial charge in [-0.3, -0.25) is 4.90 Å². The molecule has 0 aromatic carbocycles. The summed E-state index contributed by atoms with van der Waals surface area (Å²) in [7, 11) is 0. The summed E-state index contributed by atoms with van der Waals surface area (Å²) < 4.78 is 0.913. The fraction of sp³-hybridized carbons (Fsp3) is 0.733. The summed E-state index contributed by atoms with van der Waals surface area (Å²) in [5, 5.41) is 3.82. The van der Waals surface area contributed by atoms with Crippen molar-refractivity contribution in [2.45, 2.75) is 50.6 Å². The predicted molar refractivity (Wildman–Crippen MR) is 83.3 cm³/mol. The number of halogens is 1. The first-order chi connectivity index (χ1) is 9.17. The van der Waals surface area contributed by atoms with Gasteiger partial charge in [-0.2, -0.15) is 0 Å². The van der Waals surface area contributed by atoms with Crippen molar-refractivity contribution in [2.24, 2.45) is 0 Å². The van der Waals surface area contributed by atoms with Gasteiger partial charge in [-0.15, -0.1) is 11.3 Å². The van der Waals surface area contributed by atoms with Crippen molar-refractivity contribution in [1.29, 1.82) is 0 Å². The molecule has 3 rings (SSSR count). The van der Waals surface area contributed by atoms with Gasteiger partial charge in [0.05, 0.1) is 4.34 Å². The third-order valence-corrected chi connectivity index (χ3v) is 6.03. The Balaban J connectivity index is 1.59. The van der Waals surface area contributed by atoms with Crippen molar-refractivity contribution in [1.82, 2.24) is 10.2 Å². The van der Waals surface area contributed by atoms with Crippen molar-refractivity contribution in [3.05, 3.63) is 21.3 Å². The molecule has 2 heterocycles. The van der Waals surface area contributed by atoms with Gasteiger partial charge in [0.15, 0.2) is 0 Å². The highest BCUT2D eigenvalue weighted by atomic mass is 35.5. The van der Waals surface area contributed by atoms with Crippen LogP contribution in [0.15, 0.2) is 12.1 Å². The summed E-state index contributed by atoms with van der Waals surface area (Å²) in [6, 6.07) is 4.84. The molecule has 19 heavy (non-hydrogen) atoms. The van der Waals surface area contributed by atoms with Crippen LogP contribution >= 0.6 is 22.9 Å². The van der Waals surface area contributed by atoms with Gasteiger partial charge in [-0.05, 0) is 38.3 Å². The van der Waals surface area contributed by atoms with Crippen molar-refractivity contribution in [3.8, 4) is 0 Å². The van der Waals surface area contributed by atoms with Crippen molar-refractivity contribution >= 4 is 22.9 Å². The van der Waals surface area contributed by atoms with Gasteiger partial charge in [0.25, 0.3) is 0 Å². The molecule has 1 N–H and O–H groups in total. The monoisotopic (exact) mass is 298 g/mol. The predicted octanol–water partition coefficient (Wildman–Crippen LogP) is 3.55. The van der Waals surface area contributed by atoms with E-state index in [1.807, 2.05) is 6.07 Å². The summed E-state index contributed by atoms with van der Waals surface area (Å²) in [6.07, 6.45) is 6.66. The van der Waals surface area contributed by atoms with Crippen molar-refractivity contribution in [2.75, 3.05) is 19.6 Å². The lowest BCUT2D eigenvalue weighted by Gasteiger charge is -2.45. The molecule has 1 aromatic heterocycles. The van der Waals surface area contributed by atoms with Crippen LogP contribution in [0.4, 0.5) is 0 Å². The number of nitrogens with zero attached hydrogens (tertiary/aromatic N) is 1. The second kappa shape index (κ2) is 5.72. The number of thiophene rings is 1. The van der Waals surface area contributed by atoms with Crippen molar-refractivity contribution < 1.29 is 0 Å². The molecule has 0 radical (unpaired) electrons. The lowest BCUT2D eigenvalue weighted by molar-refractivity contribution is 0.0905. The van der Waals surface area contributed by atoms with E-state index in [9.17, 15) is 0 Å². The fourth-order valence-corrected chi connectivity index (χ4v) is 4.60. The standard InChI is InChI=1S/C15H23ClN2S/c1-12-10-17-15(7-2-3-8-15)11-18(12)9-6-13-4-5-14(16)19-13/h4-5,12,17H,2-3,6-11H2,1H3. The molecule has 106 valence electrons. The van der Waals surface area contributed by atoms with Gasteiger partial charge in [-0.25, -0.2) is 0 Å². The van der Waals surface area contributed by atoms with Gasteiger partial charge >= 0.3 is 0 Å². The number of piperazine rings is 1. The van der Waals surface area contributed by atoms with E-state index in [-0.39, 0.29) is 0 Å². The Morgan fingerprint density at radius 1 is 1.42 bits per heavy atom. The molecular formula is C15H23ClN2S. The molecule has 1 aliphatic carbocycles. The third kappa shape index (κ3) is 3.15. The first-order valence-electron chi connectivity index (χ1n) is 7.40. The topological polar surface area (TPSA) is 15.3 Å². The molecule has 1 saturated carbocycles. The van der Waals surface area contributed by atoms with E-state index < -0.39 is 0 Å². The number of rotatable bonds is 3. The Morgan fingerprint density at radius 3 is 2.89 bits per heavy atom. The molecular weight excluding hydrogens is 276 g/mol. The Morgan fingerprint density at radius 2 is 2.21 bits per heavy atom. The van der Waals surface area contributed by atoms with Crippen LogP contribution in [0, 0.1) is 0 Å². The molecule has 1 aliphatic heterocycles. The number of hydrogen-bond donors (Lipinski definition) is 1. The lowest BCUT2D eigenvalue weighted by atomic mass is 9.92. The van der Waals surface area contributed by atoms with Crippen LogP contribution in [0.2, 0.25) is 4.34 Å². The smallest absolute Gasteiger partial charge is 0.0931 e. The highest BCUT2D eigenvalue weighted by Gasteiger charge is 2.39. The van der Waals surface area contributed by atoms with Crippen LogP contribution in [-0.2, 0) is 6.42 Å². The van der Waals surface area contributed by atoms with E-state index in [0.717, 1.165) is 17.3 Å². The minimum atomic E-state index is 0.430. The second-order valence-electron chi connectivity index (χ2n) is 6.14. The van der Waals surface area contributed by atoms with E-state index in [1.165, 1.54) is 43.6 Å². The highest BCUT2D eigenvalue weighted by Crippen LogP contribution is 2.33. The average Bonchev–Trinajstić information content (AvgIpc) is 3.01. The molecule has 2 aliphatic rings. The third-order valence-electron chi connectivity index (χ3n) is 4.74. The van der Waals surface area contributed by atoms with Crippen molar-refractivity contribution in [3.63, 3.8) is 0 Å². The number of hydrogen-bond acceptors (Lipinski definition) is 3. The Hall–Kier alpha value is -0.0900. The fourth-order valence-electron chi connectivity index (χ4n) is 3.52. The maximum Gasteiger partial charge on any atom is 0.0931 e. The van der Waals surface area contributed by atoms with Crippen LogP contribution in [0.25, 0.3) is 0 Å². The van der Waals surface area contributed by atoms with Gasteiger partial charge in [-0.1, -0.05) is 24.4 Å². The minimum absolute atomic E-state index is 0.430. The van der Waals surface area contributed by atoms with Crippen LogP contribution in [0.1, 0.15) is 37.5 Å².